The van der Waals surface area contributed by atoms with E-state index < -0.39 is 0 Å². The van der Waals surface area contributed by atoms with E-state index in [1.54, 1.807) is 0 Å². The molecule has 0 bridgehead atoms. The minimum Gasteiger partial charge on any atom is -0.256 e. The quantitative estimate of drug-likeness (QED) is 0.274. The summed E-state index contributed by atoms with van der Waals surface area (Å²) in [7, 11) is 0. The van der Waals surface area contributed by atoms with Crippen molar-refractivity contribution in [2.24, 2.45) is 5.92 Å². The molecule has 0 saturated carbocycles. The van der Waals surface area contributed by atoms with Gasteiger partial charge in [-0.25, -0.2) is 0 Å². The van der Waals surface area contributed by atoms with E-state index in [0.29, 0.717) is 5.92 Å². The highest BCUT2D eigenvalue weighted by Crippen LogP contribution is 2.37. The molecule has 0 aliphatic carbocycles. The number of hydrogen-bond donors (Lipinski definition) is 0. The lowest BCUT2D eigenvalue weighted by atomic mass is 9.82. The summed E-state index contributed by atoms with van der Waals surface area (Å²) in [5.74, 6) is 0.645. The Morgan fingerprint density at radius 1 is 0.818 bits per heavy atom. The molecular weight excluding hydrogens is 420 g/mol. The molecule has 0 N–H and O–H groups in total. The summed E-state index contributed by atoms with van der Waals surface area (Å²) in [6.07, 6.45) is 4.95. The molecule has 166 valence electrons. The van der Waals surface area contributed by atoms with E-state index in [1.807, 2.05) is 23.7 Å². The third-order valence-electron chi connectivity index (χ3n) is 6.09. The standard InChI is InChI=1S/C30H30N2S/c1-19(2)14-24-16-22-11-13-32-28(29(22)33-24)21-10-12-31-27(18-21)23-15-20-8-6-7-9-25(20)26(17-23)30(3,4)5/h6-13,15-19H,14H2,1-5H3. The smallest absolute Gasteiger partial charge is 0.0881 e. The van der Waals surface area contributed by atoms with Gasteiger partial charge in [0.2, 0.25) is 0 Å². The van der Waals surface area contributed by atoms with E-state index in [-0.39, 0.29) is 5.41 Å². The molecule has 0 spiro atoms. The topological polar surface area (TPSA) is 25.8 Å². The highest BCUT2D eigenvalue weighted by molar-refractivity contribution is 7.19. The summed E-state index contributed by atoms with van der Waals surface area (Å²) in [6.45, 7) is 11.4. The summed E-state index contributed by atoms with van der Waals surface area (Å²) in [5.41, 5.74) is 5.70. The zero-order valence-corrected chi connectivity index (χ0v) is 20.8. The molecule has 3 heterocycles. The van der Waals surface area contributed by atoms with Gasteiger partial charge in [-0.2, -0.15) is 0 Å². The van der Waals surface area contributed by atoms with Crippen molar-refractivity contribution in [2.75, 3.05) is 0 Å². The van der Waals surface area contributed by atoms with Crippen molar-refractivity contribution in [1.82, 2.24) is 9.97 Å². The van der Waals surface area contributed by atoms with Crippen LogP contribution in [-0.2, 0) is 11.8 Å². The third-order valence-corrected chi connectivity index (χ3v) is 7.27. The van der Waals surface area contributed by atoms with E-state index >= 15 is 0 Å². The molecular formula is C30H30N2S. The van der Waals surface area contributed by atoms with Gasteiger partial charge in [-0.3, -0.25) is 9.97 Å². The van der Waals surface area contributed by atoms with Gasteiger partial charge in [0.05, 0.1) is 16.1 Å². The second-order valence-electron chi connectivity index (χ2n) is 10.3. The second-order valence-corrected chi connectivity index (χ2v) is 11.5. The predicted molar refractivity (Wildman–Crippen MR) is 143 cm³/mol. The summed E-state index contributed by atoms with van der Waals surface area (Å²) in [5, 5.41) is 3.84. The Morgan fingerprint density at radius 3 is 2.39 bits per heavy atom. The first-order valence-electron chi connectivity index (χ1n) is 11.7. The molecule has 33 heavy (non-hydrogen) atoms. The lowest BCUT2D eigenvalue weighted by Crippen LogP contribution is -2.12. The SMILES string of the molecule is CC(C)Cc1cc2ccnc(-c3ccnc(-c4cc(C(C)(C)C)c5ccccc5c4)c3)c2s1. The molecule has 0 aliphatic rings. The van der Waals surface area contributed by atoms with Crippen LogP contribution in [0.15, 0.2) is 73.1 Å². The lowest BCUT2D eigenvalue weighted by molar-refractivity contribution is 0.596. The van der Waals surface area contributed by atoms with Crippen LogP contribution in [-0.4, -0.2) is 9.97 Å². The summed E-state index contributed by atoms with van der Waals surface area (Å²) >= 11 is 1.87. The minimum absolute atomic E-state index is 0.0458. The fraction of sp³-hybridized carbons (Fsp3) is 0.267. The fourth-order valence-corrected chi connectivity index (χ4v) is 5.92. The number of thiophene rings is 1. The minimum atomic E-state index is 0.0458. The van der Waals surface area contributed by atoms with E-state index in [1.165, 1.54) is 31.3 Å². The maximum atomic E-state index is 4.79. The number of benzene rings is 2. The first kappa shape index (κ1) is 21.8. The molecule has 2 nitrogen and oxygen atoms in total. The van der Waals surface area contributed by atoms with Crippen LogP contribution in [0.2, 0.25) is 0 Å². The van der Waals surface area contributed by atoms with Gasteiger partial charge in [0.15, 0.2) is 0 Å². The second kappa shape index (κ2) is 8.39. The van der Waals surface area contributed by atoms with Gasteiger partial charge in [0.1, 0.15) is 0 Å². The van der Waals surface area contributed by atoms with Crippen molar-refractivity contribution in [3.8, 4) is 22.5 Å². The number of hydrogen-bond acceptors (Lipinski definition) is 3. The highest BCUT2D eigenvalue weighted by atomic mass is 32.1. The largest absolute Gasteiger partial charge is 0.256 e. The van der Waals surface area contributed by atoms with Gasteiger partial charge in [0, 0.05) is 28.4 Å². The normalized spacial score (nSPS) is 12.2. The van der Waals surface area contributed by atoms with Gasteiger partial charge in [-0.05, 0) is 75.9 Å². The number of fused-ring (bicyclic) bond motifs is 2. The van der Waals surface area contributed by atoms with Crippen LogP contribution in [0.25, 0.3) is 43.4 Å². The maximum absolute atomic E-state index is 4.79. The zero-order chi connectivity index (χ0) is 23.2. The van der Waals surface area contributed by atoms with Gasteiger partial charge < -0.3 is 0 Å². The van der Waals surface area contributed by atoms with Gasteiger partial charge >= 0.3 is 0 Å². The zero-order valence-electron chi connectivity index (χ0n) is 20.0. The third kappa shape index (κ3) is 4.30. The highest BCUT2D eigenvalue weighted by Gasteiger charge is 2.19. The molecule has 3 heteroatoms. The van der Waals surface area contributed by atoms with Crippen LogP contribution in [0, 0.1) is 5.92 Å². The first-order valence-corrected chi connectivity index (χ1v) is 12.5. The van der Waals surface area contributed by atoms with Crippen molar-refractivity contribution in [3.05, 3.63) is 83.5 Å². The Balaban J connectivity index is 1.64. The molecule has 0 radical (unpaired) electrons. The Kier molecular flexibility index (Phi) is 5.54. The summed E-state index contributed by atoms with van der Waals surface area (Å²) < 4.78 is 1.26. The van der Waals surface area contributed by atoms with Crippen LogP contribution in [0.5, 0.6) is 0 Å². The molecule has 0 amide bonds. The van der Waals surface area contributed by atoms with Crippen molar-refractivity contribution < 1.29 is 0 Å². The van der Waals surface area contributed by atoms with Crippen molar-refractivity contribution in [3.63, 3.8) is 0 Å². The molecule has 0 saturated heterocycles. The van der Waals surface area contributed by atoms with Crippen molar-refractivity contribution in [1.29, 1.82) is 0 Å². The molecule has 3 aromatic heterocycles. The first-order chi connectivity index (χ1) is 15.8. The number of pyridine rings is 2. The monoisotopic (exact) mass is 450 g/mol. The number of rotatable bonds is 4. The van der Waals surface area contributed by atoms with E-state index in [2.05, 4.69) is 95.3 Å². The molecule has 5 rings (SSSR count). The molecule has 0 atom stereocenters. The van der Waals surface area contributed by atoms with Crippen molar-refractivity contribution in [2.45, 2.75) is 46.5 Å². The Labute approximate surface area is 200 Å². The van der Waals surface area contributed by atoms with Crippen LogP contribution in [0.3, 0.4) is 0 Å². The Bertz CT molecular complexity index is 1450. The number of nitrogens with zero attached hydrogens (tertiary/aromatic N) is 2. The van der Waals surface area contributed by atoms with E-state index in [0.717, 1.165) is 28.9 Å². The Hall–Kier alpha value is -3.04. The van der Waals surface area contributed by atoms with Crippen LogP contribution in [0.1, 0.15) is 45.1 Å². The molecule has 5 aromatic rings. The molecule has 0 fully saturated rings. The predicted octanol–water partition coefficient (Wildman–Crippen LogP) is 8.67. The van der Waals surface area contributed by atoms with Crippen LogP contribution in [0.4, 0.5) is 0 Å². The van der Waals surface area contributed by atoms with Crippen LogP contribution >= 0.6 is 11.3 Å². The van der Waals surface area contributed by atoms with E-state index in [4.69, 9.17) is 9.97 Å². The van der Waals surface area contributed by atoms with Gasteiger partial charge in [-0.15, -0.1) is 11.3 Å². The number of aromatic nitrogens is 2. The fourth-order valence-electron chi connectivity index (χ4n) is 4.54. The van der Waals surface area contributed by atoms with Crippen molar-refractivity contribution >= 4 is 32.2 Å². The van der Waals surface area contributed by atoms with Crippen LogP contribution < -0.4 is 0 Å². The maximum Gasteiger partial charge on any atom is 0.0881 e. The van der Waals surface area contributed by atoms with Gasteiger partial charge in [0.25, 0.3) is 0 Å². The molecule has 0 unspecified atom stereocenters. The molecule has 0 aliphatic heterocycles. The Morgan fingerprint density at radius 2 is 1.61 bits per heavy atom. The van der Waals surface area contributed by atoms with E-state index in [9.17, 15) is 0 Å². The summed E-state index contributed by atoms with van der Waals surface area (Å²) in [6, 6.07) is 22.0. The average Bonchev–Trinajstić information content (AvgIpc) is 3.19. The molecule has 2 aromatic carbocycles. The van der Waals surface area contributed by atoms with Gasteiger partial charge in [-0.1, -0.05) is 58.9 Å². The lowest BCUT2D eigenvalue weighted by Gasteiger charge is -2.22. The summed E-state index contributed by atoms with van der Waals surface area (Å²) in [4.78, 5) is 11.0. The average molecular weight is 451 g/mol.